The molecule has 5 heteroatoms. The number of nitrogens with zero attached hydrogens (tertiary/aromatic N) is 1. The van der Waals surface area contributed by atoms with Crippen molar-refractivity contribution in [1.29, 1.82) is 0 Å². The van der Waals surface area contributed by atoms with Crippen LogP contribution < -0.4 is 5.32 Å². The summed E-state index contributed by atoms with van der Waals surface area (Å²) in [5.41, 5.74) is 0.101. The van der Waals surface area contributed by atoms with Crippen LogP contribution in [0.2, 0.25) is 0 Å². The molecule has 0 bridgehead atoms. The molecule has 1 aliphatic rings. The third-order valence-corrected chi connectivity index (χ3v) is 3.25. The highest BCUT2D eigenvalue weighted by Crippen LogP contribution is 2.18. The van der Waals surface area contributed by atoms with Gasteiger partial charge in [0.25, 0.3) is 0 Å². The SMILES string of the molecule is O=CNC1CCCN(Cc2c(F)cccc2F)C1. The second-order valence-corrected chi connectivity index (χ2v) is 4.56. The topological polar surface area (TPSA) is 32.3 Å². The molecule has 1 aromatic rings. The largest absolute Gasteiger partial charge is 0.355 e. The fourth-order valence-corrected chi connectivity index (χ4v) is 2.34. The van der Waals surface area contributed by atoms with Gasteiger partial charge >= 0.3 is 0 Å². The van der Waals surface area contributed by atoms with Crippen molar-refractivity contribution >= 4 is 6.41 Å². The number of hydrogen-bond donors (Lipinski definition) is 1. The lowest BCUT2D eigenvalue weighted by Gasteiger charge is -2.32. The number of benzene rings is 1. The van der Waals surface area contributed by atoms with Crippen LogP contribution in [-0.2, 0) is 11.3 Å². The van der Waals surface area contributed by atoms with Gasteiger partial charge in [0.15, 0.2) is 0 Å². The Morgan fingerprint density at radius 2 is 2.11 bits per heavy atom. The highest BCUT2D eigenvalue weighted by molar-refractivity contribution is 5.46. The summed E-state index contributed by atoms with van der Waals surface area (Å²) in [6, 6.07) is 3.97. The predicted octanol–water partition coefficient (Wildman–Crippen LogP) is 1.68. The Morgan fingerprint density at radius 3 is 2.78 bits per heavy atom. The number of hydrogen-bond acceptors (Lipinski definition) is 2. The monoisotopic (exact) mass is 254 g/mol. The van der Waals surface area contributed by atoms with Crippen molar-refractivity contribution < 1.29 is 13.6 Å². The first-order valence-corrected chi connectivity index (χ1v) is 6.05. The van der Waals surface area contributed by atoms with Gasteiger partial charge in [-0.15, -0.1) is 0 Å². The van der Waals surface area contributed by atoms with E-state index in [0.717, 1.165) is 19.4 Å². The molecular formula is C13H16F2N2O. The number of piperidine rings is 1. The third-order valence-electron chi connectivity index (χ3n) is 3.25. The van der Waals surface area contributed by atoms with E-state index >= 15 is 0 Å². The number of halogens is 2. The number of carbonyl (C=O) groups excluding carboxylic acids is 1. The fraction of sp³-hybridized carbons (Fsp3) is 0.462. The summed E-state index contributed by atoms with van der Waals surface area (Å²) in [6.45, 7) is 1.67. The summed E-state index contributed by atoms with van der Waals surface area (Å²) in [4.78, 5) is 12.4. The lowest BCUT2D eigenvalue weighted by molar-refractivity contribution is -0.110. The molecule has 0 aliphatic carbocycles. The Hall–Kier alpha value is -1.49. The van der Waals surface area contributed by atoms with E-state index in [2.05, 4.69) is 5.32 Å². The maximum Gasteiger partial charge on any atom is 0.207 e. The van der Waals surface area contributed by atoms with E-state index < -0.39 is 11.6 Å². The van der Waals surface area contributed by atoms with Gasteiger partial charge in [0.05, 0.1) is 0 Å². The molecule has 1 heterocycles. The van der Waals surface area contributed by atoms with Crippen LogP contribution in [-0.4, -0.2) is 30.4 Å². The molecule has 0 spiro atoms. The molecule has 18 heavy (non-hydrogen) atoms. The fourth-order valence-electron chi connectivity index (χ4n) is 2.34. The van der Waals surface area contributed by atoms with E-state index in [0.29, 0.717) is 13.0 Å². The Morgan fingerprint density at radius 1 is 1.39 bits per heavy atom. The predicted molar refractivity (Wildman–Crippen MR) is 63.9 cm³/mol. The van der Waals surface area contributed by atoms with E-state index in [-0.39, 0.29) is 18.2 Å². The van der Waals surface area contributed by atoms with Gasteiger partial charge in [-0.2, -0.15) is 0 Å². The normalized spacial score (nSPS) is 20.7. The molecule has 1 saturated heterocycles. The average Bonchev–Trinajstić information content (AvgIpc) is 2.35. The summed E-state index contributed by atoms with van der Waals surface area (Å²) < 4.78 is 27.0. The standard InChI is InChI=1S/C13H16F2N2O/c14-12-4-1-5-13(15)11(12)8-17-6-2-3-10(7-17)16-9-18/h1,4-5,9-10H,2-3,6-8H2,(H,16,18). The first-order chi connectivity index (χ1) is 8.70. The van der Waals surface area contributed by atoms with E-state index in [9.17, 15) is 13.6 Å². The zero-order valence-corrected chi connectivity index (χ0v) is 10.0. The Bertz CT molecular complexity index is 405. The zero-order chi connectivity index (χ0) is 13.0. The molecule has 1 amide bonds. The molecule has 1 unspecified atom stereocenters. The molecule has 0 radical (unpaired) electrons. The Kier molecular flexibility index (Phi) is 4.25. The number of nitrogens with one attached hydrogen (secondary N) is 1. The average molecular weight is 254 g/mol. The molecule has 98 valence electrons. The lowest BCUT2D eigenvalue weighted by Crippen LogP contribution is -2.45. The molecule has 3 nitrogen and oxygen atoms in total. The maximum absolute atomic E-state index is 13.5. The minimum Gasteiger partial charge on any atom is -0.355 e. The second kappa shape index (κ2) is 5.91. The minimum absolute atomic E-state index is 0.0751. The molecular weight excluding hydrogens is 238 g/mol. The van der Waals surface area contributed by atoms with Gasteiger partial charge in [-0.3, -0.25) is 9.69 Å². The molecule has 1 aliphatic heterocycles. The number of rotatable bonds is 4. The molecule has 1 aromatic carbocycles. The van der Waals surface area contributed by atoms with Gasteiger partial charge in [-0.05, 0) is 31.5 Å². The smallest absolute Gasteiger partial charge is 0.207 e. The first kappa shape index (κ1) is 13.0. The van der Waals surface area contributed by atoms with Crippen LogP contribution in [0, 0.1) is 11.6 Å². The number of likely N-dealkylation sites (tertiary alicyclic amines) is 1. The molecule has 0 aromatic heterocycles. The summed E-state index contributed by atoms with van der Waals surface area (Å²) in [6.07, 6.45) is 2.51. The number of amides is 1. The molecule has 0 saturated carbocycles. The van der Waals surface area contributed by atoms with Gasteiger partial charge in [0.2, 0.25) is 6.41 Å². The first-order valence-electron chi connectivity index (χ1n) is 6.05. The van der Waals surface area contributed by atoms with Crippen LogP contribution in [0.3, 0.4) is 0 Å². The van der Waals surface area contributed by atoms with Crippen molar-refractivity contribution in [1.82, 2.24) is 10.2 Å². The minimum atomic E-state index is -0.513. The van der Waals surface area contributed by atoms with Crippen LogP contribution in [0.15, 0.2) is 18.2 Å². The lowest BCUT2D eigenvalue weighted by atomic mass is 10.0. The molecule has 1 fully saturated rings. The van der Waals surface area contributed by atoms with Crippen molar-refractivity contribution in [3.63, 3.8) is 0 Å². The summed E-state index contributed by atoms with van der Waals surface area (Å²) in [5, 5.41) is 2.72. The third kappa shape index (κ3) is 3.04. The second-order valence-electron chi connectivity index (χ2n) is 4.56. The molecule has 2 rings (SSSR count). The van der Waals surface area contributed by atoms with Gasteiger partial charge in [0.1, 0.15) is 11.6 Å². The molecule has 1 atom stereocenters. The van der Waals surface area contributed by atoms with Gasteiger partial charge < -0.3 is 5.32 Å². The number of carbonyl (C=O) groups is 1. The van der Waals surface area contributed by atoms with Crippen LogP contribution >= 0.6 is 0 Å². The van der Waals surface area contributed by atoms with Crippen LogP contribution in [0.25, 0.3) is 0 Å². The molecule has 1 N–H and O–H groups in total. The van der Waals surface area contributed by atoms with E-state index in [1.54, 1.807) is 0 Å². The van der Waals surface area contributed by atoms with Crippen molar-refractivity contribution in [3.8, 4) is 0 Å². The van der Waals surface area contributed by atoms with Crippen molar-refractivity contribution in [2.45, 2.75) is 25.4 Å². The van der Waals surface area contributed by atoms with Gasteiger partial charge in [0, 0.05) is 24.7 Å². The van der Waals surface area contributed by atoms with E-state index in [4.69, 9.17) is 0 Å². The highest BCUT2D eigenvalue weighted by Gasteiger charge is 2.21. The van der Waals surface area contributed by atoms with E-state index in [1.165, 1.54) is 18.2 Å². The van der Waals surface area contributed by atoms with E-state index in [1.807, 2.05) is 4.90 Å². The quantitative estimate of drug-likeness (QED) is 0.829. The van der Waals surface area contributed by atoms with Gasteiger partial charge in [-0.1, -0.05) is 6.07 Å². The maximum atomic E-state index is 13.5. The van der Waals surface area contributed by atoms with Crippen molar-refractivity contribution in [3.05, 3.63) is 35.4 Å². The Labute approximate surface area is 105 Å². The zero-order valence-electron chi connectivity index (χ0n) is 10.0. The van der Waals surface area contributed by atoms with Crippen molar-refractivity contribution in [2.24, 2.45) is 0 Å². The Balaban J connectivity index is 2.02. The van der Waals surface area contributed by atoms with Crippen molar-refractivity contribution in [2.75, 3.05) is 13.1 Å². The van der Waals surface area contributed by atoms with Gasteiger partial charge in [-0.25, -0.2) is 8.78 Å². The van der Waals surface area contributed by atoms with Crippen LogP contribution in [0.5, 0.6) is 0 Å². The summed E-state index contributed by atoms with van der Waals surface area (Å²) in [7, 11) is 0. The van der Waals surface area contributed by atoms with Crippen LogP contribution in [0.1, 0.15) is 18.4 Å². The summed E-state index contributed by atoms with van der Waals surface area (Å²) in [5.74, 6) is -1.03. The summed E-state index contributed by atoms with van der Waals surface area (Å²) >= 11 is 0. The highest BCUT2D eigenvalue weighted by atomic mass is 19.1. The van der Waals surface area contributed by atoms with Crippen LogP contribution in [0.4, 0.5) is 8.78 Å².